The second kappa shape index (κ2) is 5.13. The fourth-order valence-electron chi connectivity index (χ4n) is 1.44. The molecule has 0 spiro atoms. The molecule has 94 valence electrons. The molecule has 0 aliphatic carbocycles. The largest absolute Gasteiger partial charge is 0.389 e. The number of nitro groups is 1. The Balaban J connectivity index is 2.82. The maximum Gasteiger partial charge on any atom is 0.389 e. The van der Waals surface area contributed by atoms with E-state index in [1.165, 1.54) is 24.3 Å². The van der Waals surface area contributed by atoms with Crippen LogP contribution in [-0.4, -0.2) is 11.1 Å². The van der Waals surface area contributed by atoms with Gasteiger partial charge in [-0.1, -0.05) is 18.2 Å². The van der Waals surface area contributed by atoms with Crippen LogP contribution in [0.25, 0.3) is 0 Å². The molecule has 0 unspecified atom stereocenters. The summed E-state index contributed by atoms with van der Waals surface area (Å²) in [5, 5.41) is 10.7. The van der Waals surface area contributed by atoms with E-state index < -0.39 is 23.6 Å². The predicted octanol–water partition coefficient (Wildman–Crippen LogP) is 2.94. The van der Waals surface area contributed by atoms with Crippen molar-refractivity contribution >= 4 is 5.69 Å². The van der Waals surface area contributed by atoms with E-state index in [2.05, 4.69) is 0 Å². The van der Waals surface area contributed by atoms with Crippen LogP contribution >= 0.6 is 0 Å². The number of benzene rings is 1. The Morgan fingerprint density at radius 3 is 2.47 bits per heavy atom. The maximum atomic E-state index is 12.0. The average molecular weight is 248 g/mol. The molecule has 0 heterocycles. The zero-order valence-corrected chi connectivity index (χ0v) is 8.78. The van der Waals surface area contributed by atoms with Crippen LogP contribution in [0.5, 0.6) is 0 Å². The van der Waals surface area contributed by atoms with Crippen molar-refractivity contribution in [2.24, 2.45) is 5.73 Å². The minimum absolute atomic E-state index is 0.127. The third-order valence-electron chi connectivity index (χ3n) is 2.27. The van der Waals surface area contributed by atoms with E-state index in [4.69, 9.17) is 5.73 Å². The van der Waals surface area contributed by atoms with Crippen LogP contribution in [0.4, 0.5) is 18.9 Å². The fourth-order valence-corrected chi connectivity index (χ4v) is 1.44. The van der Waals surface area contributed by atoms with Crippen molar-refractivity contribution in [3.8, 4) is 0 Å². The standard InChI is InChI=1S/C10H11F3N2O2/c11-10(12,13)6-5-8(14)7-3-1-2-4-9(7)15(16)17/h1-4,8H,5-6,14H2/t8-/m0/s1. The predicted molar refractivity (Wildman–Crippen MR) is 55.3 cm³/mol. The van der Waals surface area contributed by atoms with Crippen LogP contribution in [0, 0.1) is 10.1 Å². The number of para-hydroxylation sites is 1. The van der Waals surface area contributed by atoms with Crippen LogP contribution in [0.1, 0.15) is 24.4 Å². The minimum Gasteiger partial charge on any atom is -0.324 e. The molecule has 1 aromatic rings. The first-order chi connectivity index (χ1) is 7.81. The summed E-state index contributed by atoms with van der Waals surface area (Å²) in [6, 6.07) is 4.56. The van der Waals surface area contributed by atoms with Gasteiger partial charge in [0.1, 0.15) is 0 Å². The van der Waals surface area contributed by atoms with Crippen LogP contribution in [0.3, 0.4) is 0 Å². The highest BCUT2D eigenvalue weighted by Crippen LogP contribution is 2.30. The van der Waals surface area contributed by atoms with Gasteiger partial charge in [0.2, 0.25) is 0 Å². The number of halogens is 3. The summed E-state index contributed by atoms with van der Waals surface area (Å²) in [5.74, 6) is 0. The van der Waals surface area contributed by atoms with Crippen molar-refractivity contribution in [3.05, 3.63) is 39.9 Å². The number of hydrogen-bond donors (Lipinski definition) is 1. The third kappa shape index (κ3) is 4.03. The first kappa shape index (κ1) is 13.4. The molecule has 1 rings (SSSR count). The monoisotopic (exact) mass is 248 g/mol. The van der Waals surface area contributed by atoms with Crippen LogP contribution < -0.4 is 5.73 Å². The summed E-state index contributed by atoms with van der Waals surface area (Å²) in [4.78, 5) is 10.0. The van der Waals surface area contributed by atoms with Gasteiger partial charge in [-0.2, -0.15) is 13.2 Å². The van der Waals surface area contributed by atoms with E-state index in [-0.39, 0.29) is 17.7 Å². The topological polar surface area (TPSA) is 69.2 Å². The molecule has 0 aliphatic rings. The first-order valence-corrected chi connectivity index (χ1v) is 4.87. The number of alkyl halides is 3. The lowest BCUT2D eigenvalue weighted by atomic mass is 10.0. The summed E-state index contributed by atoms with van der Waals surface area (Å²) >= 11 is 0. The highest BCUT2D eigenvalue weighted by Gasteiger charge is 2.29. The first-order valence-electron chi connectivity index (χ1n) is 4.87. The van der Waals surface area contributed by atoms with Gasteiger partial charge in [-0.05, 0) is 6.42 Å². The Bertz CT molecular complexity index is 407. The highest BCUT2D eigenvalue weighted by molar-refractivity contribution is 5.41. The van der Waals surface area contributed by atoms with Gasteiger partial charge in [-0.15, -0.1) is 0 Å². The summed E-state index contributed by atoms with van der Waals surface area (Å²) in [5.41, 5.74) is 5.41. The molecule has 0 amide bonds. The lowest BCUT2D eigenvalue weighted by molar-refractivity contribution is -0.385. The molecule has 1 atom stereocenters. The molecule has 1 aromatic carbocycles. The average Bonchev–Trinajstić information content (AvgIpc) is 2.25. The molecule has 7 heteroatoms. The van der Waals surface area contributed by atoms with Crippen molar-refractivity contribution in [3.63, 3.8) is 0 Å². The molecule has 2 N–H and O–H groups in total. The summed E-state index contributed by atoms with van der Waals surface area (Å²) in [6.45, 7) is 0. The van der Waals surface area contributed by atoms with Crippen LogP contribution in [0.15, 0.2) is 24.3 Å². The zero-order valence-electron chi connectivity index (χ0n) is 8.78. The van der Waals surface area contributed by atoms with Gasteiger partial charge in [-0.25, -0.2) is 0 Å². The summed E-state index contributed by atoms with van der Waals surface area (Å²) < 4.78 is 36.0. The normalized spacial score (nSPS) is 13.4. The van der Waals surface area contributed by atoms with E-state index in [1.807, 2.05) is 0 Å². The summed E-state index contributed by atoms with van der Waals surface area (Å²) in [6.07, 6.45) is -5.73. The number of nitrogens with zero attached hydrogens (tertiary/aromatic N) is 1. The molecule has 0 saturated carbocycles. The number of hydrogen-bond acceptors (Lipinski definition) is 3. The number of nitro benzene ring substituents is 1. The molecule has 0 bridgehead atoms. The molecular formula is C10H11F3N2O2. The van der Waals surface area contributed by atoms with E-state index in [0.29, 0.717) is 0 Å². The van der Waals surface area contributed by atoms with Crippen molar-refractivity contribution < 1.29 is 18.1 Å². The molecule has 17 heavy (non-hydrogen) atoms. The lowest BCUT2D eigenvalue weighted by Gasteiger charge is -2.13. The highest BCUT2D eigenvalue weighted by atomic mass is 19.4. The SMILES string of the molecule is N[C@@H](CCC(F)(F)F)c1ccccc1[N+](=O)[O-]. The smallest absolute Gasteiger partial charge is 0.324 e. The van der Waals surface area contributed by atoms with E-state index in [1.54, 1.807) is 0 Å². The van der Waals surface area contributed by atoms with Crippen molar-refractivity contribution in [2.45, 2.75) is 25.1 Å². The number of rotatable bonds is 4. The quantitative estimate of drug-likeness (QED) is 0.657. The Morgan fingerprint density at radius 1 is 1.35 bits per heavy atom. The molecule has 0 aromatic heterocycles. The number of nitrogens with two attached hydrogens (primary N) is 1. The molecule has 0 saturated heterocycles. The maximum absolute atomic E-state index is 12.0. The molecular weight excluding hydrogens is 237 g/mol. The second-order valence-electron chi connectivity index (χ2n) is 3.58. The van der Waals surface area contributed by atoms with Gasteiger partial charge < -0.3 is 5.73 Å². The Kier molecular flexibility index (Phi) is 4.06. The zero-order chi connectivity index (χ0) is 13.1. The molecule has 0 aliphatic heterocycles. The van der Waals surface area contributed by atoms with Gasteiger partial charge in [0.05, 0.1) is 4.92 Å². The van der Waals surface area contributed by atoms with E-state index in [0.717, 1.165) is 0 Å². The second-order valence-corrected chi connectivity index (χ2v) is 3.58. The van der Waals surface area contributed by atoms with Gasteiger partial charge in [0, 0.05) is 24.1 Å². The summed E-state index contributed by atoms with van der Waals surface area (Å²) in [7, 11) is 0. The Labute approximate surface area is 95.4 Å². The van der Waals surface area contributed by atoms with Gasteiger partial charge in [-0.3, -0.25) is 10.1 Å². The lowest BCUT2D eigenvalue weighted by Crippen LogP contribution is -2.16. The minimum atomic E-state index is -4.30. The molecule has 4 nitrogen and oxygen atoms in total. The van der Waals surface area contributed by atoms with Gasteiger partial charge in [0.25, 0.3) is 5.69 Å². The van der Waals surface area contributed by atoms with E-state index >= 15 is 0 Å². The molecule has 0 fully saturated rings. The third-order valence-corrected chi connectivity index (χ3v) is 2.27. The van der Waals surface area contributed by atoms with Crippen LogP contribution in [0.2, 0.25) is 0 Å². The Hall–Kier alpha value is -1.63. The molecule has 0 radical (unpaired) electrons. The fraction of sp³-hybridized carbons (Fsp3) is 0.400. The van der Waals surface area contributed by atoms with Crippen molar-refractivity contribution in [1.82, 2.24) is 0 Å². The van der Waals surface area contributed by atoms with Crippen LogP contribution in [-0.2, 0) is 0 Å². The van der Waals surface area contributed by atoms with Gasteiger partial charge >= 0.3 is 6.18 Å². The Morgan fingerprint density at radius 2 is 1.94 bits per heavy atom. The van der Waals surface area contributed by atoms with Crippen molar-refractivity contribution in [2.75, 3.05) is 0 Å². The van der Waals surface area contributed by atoms with Gasteiger partial charge in [0.15, 0.2) is 0 Å². The van der Waals surface area contributed by atoms with Crippen molar-refractivity contribution in [1.29, 1.82) is 0 Å². The van der Waals surface area contributed by atoms with E-state index in [9.17, 15) is 23.3 Å².